The number of likely N-dealkylation sites (N-methyl/N-ethyl adjacent to an activating group) is 1. The lowest BCUT2D eigenvalue weighted by atomic mass is 10.2. The molecule has 1 amide bonds. The molecule has 190 valence electrons. The standard InChI is InChI=1S/C24H31N3O5S3/c1-6-26(7-2)14-15-27(23(28)18-10-8-11-19(16-18)35(31,32)17(3)4)24-25-22-20(33-24)12-9-13-21(22)34(5,29)30/h8-13,16-17H,6-7,14-15H2,1-5H3. The van der Waals surface area contributed by atoms with E-state index in [2.05, 4.69) is 9.88 Å². The SMILES string of the molecule is CCN(CC)CCN(C(=O)c1cccc(S(=O)(=O)C(C)C)c1)c1nc2c(S(C)(=O)=O)cccc2s1. The normalized spacial score (nSPS) is 12.5. The highest BCUT2D eigenvalue weighted by atomic mass is 32.2. The van der Waals surface area contributed by atoms with Gasteiger partial charge in [-0.2, -0.15) is 0 Å². The number of hydrogen-bond donors (Lipinski definition) is 0. The van der Waals surface area contributed by atoms with Gasteiger partial charge in [-0.3, -0.25) is 9.69 Å². The Hall–Kier alpha value is -2.34. The smallest absolute Gasteiger partial charge is 0.260 e. The number of benzene rings is 2. The first kappa shape index (κ1) is 27.3. The van der Waals surface area contributed by atoms with Crippen molar-refractivity contribution in [2.45, 2.75) is 42.7 Å². The van der Waals surface area contributed by atoms with Crippen molar-refractivity contribution in [2.24, 2.45) is 0 Å². The molecule has 0 aliphatic heterocycles. The second-order valence-corrected chi connectivity index (χ2v) is 14.0. The fourth-order valence-corrected chi connectivity index (χ4v) is 6.64. The number of thiazole rings is 1. The summed E-state index contributed by atoms with van der Waals surface area (Å²) >= 11 is 1.23. The Morgan fingerprint density at radius 2 is 1.66 bits per heavy atom. The van der Waals surface area contributed by atoms with E-state index in [9.17, 15) is 21.6 Å². The van der Waals surface area contributed by atoms with Crippen LogP contribution in [0.2, 0.25) is 0 Å². The van der Waals surface area contributed by atoms with Gasteiger partial charge < -0.3 is 4.90 Å². The number of fused-ring (bicyclic) bond motifs is 1. The molecule has 11 heteroatoms. The molecule has 0 N–H and O–H groups in total. The quantitative estimate of drug-likeness (QED) is 0.387. The van der Waals surface area contributed by atoms with Gasteiger partial charge in [0.2, 0.25) is 0 Å². The van der Waals surface area contributed by atoms with E-state index < -0.39 is 30.8 Å². The molecule has 0 unspecified atom stereocenters. The van der Waals surface area contributed by atoms with Crippen LogP contribution in [-0.4, -0.2) is 70.3 Å². The fourth-order valence-electron chi connectivity index (χ4n) is 3.63. The van der Waals surface area contributed by atoms with Crippen LogP contribution in [0.4, 0.5) is 5.13 Å². The summed E-state index contributed by atoms with van der Waals surface area (Å²) in [5.74, 6) is -0.391. The lowest BCUT2D eigenvalue weighted by Gasteiger charge is -2.25. The van der Waals surface area contributed by atoms with Crippen LogP contribution in [0, 0.1) is 0 Å². The van der Waals surface area contributed by atoms with E-state index in [0.717, 1.165) is 19.3 Å². The number of sulfone groups is 2. The molecule has 0 saturated heterocycles. The summed E-state index contributed by atoms with van der Waals surface area (Å²) in [4.78, 5) is 22.1. The number of amides is 1. The van der Waals surface area contributed by atoms with Gasteiger partial charge in [0.1, 0.15) is 5.52 Å². The predicted molar refractivity (Wildman–Crippen MR) is 141 cm³/mol. The molecule has 35 heavy (non-hydrogen) atoms. The number of nitrogens with zero attached hydrogens (tertiary/aromatic N) is 3. The lowest BCUT2D eigenvalue weighted by Crippen LogP contribution is -2.39. The molecular formula is C24H31N3O5S3. The van der Waals surface area contributed by atoms with Gasteiger partial charge in [0, 0.05) is 24.9 Å². The monoisotopic (exact) mass is 537 g/mol. The van der Waals surface area contributed by atoms with Crippen LogP contribution < -0.4 is 4.90 Å². The molecule has 3 rings (SSSR count). The van der Waals surface area contributed by atoms with E-state index in [0.29, 0.717) is 28.4 Å². The van der Waals surface area contributed by atoms with Gasteiger partial charge in [-0.1, -0.05) is 37.3 Å². The Bertz CT molecular complexity index is 1430. The highest BCUT2D eigenvalue weighted by Gasteiger charge is 2.26. The predicted octanol–water partition coefficient (Wildman–Crippen LogP) is 3.87. The zero-order valence-electron chi connectivity index (χ0n) is 20.6. The molecule has 2 aromatic carbocycles. The molecule has 3 aromatic rings. The first-order valence-corrected chi connectivity index (χ1v) is 15.6. The van der Waals surface area contributed by atoms with E-state index in [1.54, 1.807) is 38.1 Å². The molecule has 0 saturated carbocycles. The van der Waals surface area contributed by atoms with Crippen molar-refractivity contribution >= 4 is 52.3 Å². The topological polar surface area (TPSA) is 105 Å². The van der Waals surface area contributed by atoms with E-state index in [-0.39, 0.29) is 15.4 Å². The van der Waals surface area contributed by atoms with Crippen molar-refractivity contribution in [2.75, 3.05) is 37.3 Å². The Morgan fingerprint density at radius 3 is 2.26 bits per heavy atom. The van der Waals surface area contributed by atoms with Crippen molar-refractivity contribution in [3.05, 3.63) is 48.0 Å². The maximum absolute atomic E-state index is 13.7. The number of para-hydroxylation sites is 1. The summed E-state index contributed by atoms with van der Waals surface area (Å²) in [5.41, 5.74) is 0.556. The van der Waals surface area contributed by atoms with E-state index in [4.69, 9.17) is 0 Å². The molecule has 0 aliphatic rings. The molecule has 1 aromatic heterocycles. The lowest BCUT2D eigenvalue weighted by molar-refractivity contribution is 0.0983. The molecule has 0 aliphatic carbocycles. The van der Waals surface area contributed by atoms with Gasteiger partial charge >= 0.3 is 0 Å². The number of carbonyl (C=O) groups excluding carboxylic acids is 1. The maximum Gasteiger partial charge on any atom is 0.260 e. The average molecular weight is 538 g/mol. The molecule has 0 fully saturated rings. The van der Waals surface area contributed by atoms with E-state index in [1.165, 1.54) is 34.4 Å². The van der Waals surface area contributed by atoms with Crippen molar-refractivity contribution < 1.29 is 21.6 Å². The Morgan fingerprint density at radius 1 is 1.00 bits per heavy atom. The first-order chi connectivity index (χ1) is 16.4. The van der Waals surface area contributed by atoms with Gasteiger partial charge in [-0.15, -0.1) is 0 Å². The second-order valence-electron chi connectivity index (χ2n) is 8.48. The number of aromatic nitrogens is 1. The molecule has 0 atom stereocenters. The highest BCUT2D eigenvalue weighted by Crippen LogP contribution is 2.33. The van der Waals surface area contributed by atoms with Gasteiger partial charge in [-0.25, -0.2) is 21.8 Å². The molecule has 8 nitrogen and oxygen atoms in total. The summed E-state index contributed by atoms with van der Waals surface area (Å²) in [5, 5.41) is -0.254. The Labute approximate surface area is 211 Å². The van der Waals surface area contributed by atoms with Crippen LogP contribution in [0.1, 0.15) is 38.1 Å². The third-order valence-electron chi connectivity index (χ3n) is 5.81. The molecule has 0 radical (unpaired) electrons. The third-order valence-corrected chi connectivity index (χ3v) is 10.1. The van der Waals surface area contributed by atoms with Gasteiger partial charge in [0.25, 0.3) is 5.91 Å². The number of hydrogen-bond acceptors (Lipinski definition) is 8. The minimum atomic E-state index is -3.56. The summed E-state index contributed by atoms with van der Waals surface area (Å²) < 4.78 is 50.6. The highest BCUT2D eigenvalue weighted by molar-refractivity contribution is 7.92. The minimum Gasteiger partial charge on any atom is -0.302 e. The number of anilines is 1. The zero-order valence-corrected chi connectivity index (χ0v) is 23.0. The van der Waals surface area contributed by atoms with Gasteiger partial charge in [-0.05, 0) is 57.3 Å². The zero-order chi connectivity index (χ0) is 26.0. The maximum atomic E-state index is 13.7. The molecular weight excluding hydrogens is 506 g/mol. The number of rotatable bonds is 10. The molecule has 0 spiro atoms. The summed E-state index contributed by atoms with van der Waals surface area (Å²) in [7, 11) is -7.07. The van der Waals surface area contributed by atoms with Gasteiger partial charge in [0.15, 0.2) is 24.8 Å². The first-order valence-electron chi connectivity index (χ1n) is 11.4. The summed E-state index contributed by atoms with van der Waals surface area (Å²) in [6.45, 7) is 9.77. The fraction of sp³-hybridized carbons (Fsp3) is 0.417. The van der Waals surface area contributed by atoms with E-state index >= 15 is 0 Å². The van der Waals surface area contributed by atoms with Crippen molar-refractivity contribution in [3.63, 3.8) is 0 Å². The van der Waals surface area contributed by atoms with Crippen molar-refractivity contribution in [1.82, 2.24) is 9.88 Å². The molecule has 1 heterocycles. The average Bonchev–Trinajstić information content (AvgIpc) is 3.24. The van der Waals surface area contributed by atoms with Crippen molar-refractivity contribution in [1.29, 1.82) is 0 Å². The van der Waals surface area contributed by atoms with Crippen LogP contribution in [0.25, 0.3) is 10.2 Å². The van der Waals surface area contributed by atoms with E-state index in [1.807, 2.05) is 13.8 Å². The van der Waals surface area contributed by atoms with Crippen LogP contribution in [-0.2, 0) is 19.7 Å². The Balaban J connectivity index is 2.10. The molecule has 0 bridgehead atoms. The largest absolute Gasteiger partial charge is 0.302 e. The van der Waals surface area contributed by atoms with Crippen LogP contribution in [0.3, 0.4) is 0 Å². The second kappa shape index (κ2) is 10.7. The van der Waals surface area contributed by atoms with Crippen molar-refractivity contribution in [3.8, 4) is 0 Å². The van der Waals surface area contributed by atoms with Gasteiger partial charge in [0.05, 0.1) is 19.7 Å². The van der Waals surface area contributed by atoms with Crippen LogP contribution in [0.5, 0.6) is 0 Å². The summed E-state index contributed by atoms with van der Waals surface area (Å²) in [6, 6.07) is 11.0. The number of carbonyl (C=O) groups is 1. The minimum absolute atomic E-state index is 0.0886. The Kier molecular flexibility index (Phi) is 8.36. The van der Waals surface area contributed by atoms with Crippen LogP contribution >= 0.6 is 11.3 Å². The van der Waals surface area contributed by atoms with Crippen LogP contribution in [0.15, 0.2) is 52.3 Å². The third kappa shape index (κ3) is 5.91. The summed E-state index contributed by atoms with van der Waals surface area (Å²) in [6.07, 6.45) is 1.13.